The summed E-state index contributed by atoms with van der Waals surface area (Å²) in [4.78, 5) is 16.5. The maximum atomic E-state index is 13.7. The summed E-state index contributed by atoms with van der Waals surface area (Å²) in [6, 6.07) is 2.51. The summed E-state index contributed by atoms with van der Waals surface area (Å²) in [6.07, 6.45) is 0. The summed E-state index contributed by atoms with van der Waals surface area (Å²) in [5, 5.41) is 0. The van der Waals surface area contributed by atoms with Gasteiger partial charge in [-0.3, -0.25) is 0 Å². The zero-order valence-electron chi connectivity index (χ0n) is 12.5. The van der Waals surface area contributed by atoms with Crippen LogP contribution in [-0.2, 0) is 15.4 Å². The standard InChI is InChI=1S/C15H18ClFN2O2/c1-8(2)14(15(20)21-4)19-12-5-9(3)10(17)6-11(12)18-13(19)7-16/h5-6,8,14H,7H2,1-4H3. The quantitative estimate of drug-likeness (QED) is 0.640. The molecular formula is C15H18ClFN2O2. The van der Waals surface area contributed by atoms with Crippen LogP contribution in [0.1, 0.15) is 31.3 Å². The van der Waals surface area contributed by atoms with Crippen molar-refractivity contribution in [3.63, 3.8) is 0 Å². The molecule has 0 aliphatic heterocycles. The Morgan fingerprint density at radius 3 is 2.67 bits per heavy atom. The fourth-order valence-corrected chi connectivity index (χ4v) is 2.66. The Kier molecular flexibility index (Phi) is 4.52. The number of benzene rings is 1. The summed E-state index contributed by atoms with van der Waals surface area (Å²) in [5.41, 5.74) is 1.68. The summed E-state index contributed by atoms with van der Waals surface area (Å²) >= 11 is 5.95. The summed E-state index contributed by atoms with van der Waals surface area (Å²) in [6.45, 7) is 5.51. The van der Waals surface area contributed by atoms with Crippen LogP contribution in [0.5, 0.6) is 0 Å². The topological polar surface area (TPSA) is 44.1 Å². The van der Waals surface area contributed by atoms with Crippen molar-refractivity contribution in [3.05, 3.63) is 29.3 Å². The molecule has 4 nitrogen and oxygen atoms in total. The number of imidazole rings is 1. The molecule has 0 saturated heterocycles. The number of esters is 1. The van der Waals surface area contributed by atoms with Gasteiger partial charge in [0.2, 0.25) is 0 Å². The van der Waals surface area contributed by atoms with Gasteiger partial charge in [-0.05, 0) is 24.5 Å². The van der Waals surface area contributed by atoms with Gasteiger partial charge in [0.05, 0.1) is 24.0 Å². The van der Waals surface area contributed by atoms with Crippen LogP contribution in [0.2, 0.25) is 0 Å². The fraction of sp³-hybridized carbons (Fsp3) is 0.467. The summed E-state index contributed by atoms with van der Waals surface area (Å²) in [7, 11) is 1.35. The summed E-state index contributed by atoms with van der Waals surface area (Å²) < 4.78 is 20.4. The number of aryl methyl sites for hydroxylation is 1. The maximum Gasteiger partial charge on any atom is 0.329 e. The number of carbonyl (C=O) groups excluding carboxylic acids is 1. The van der Waals surface area contributed by atoms with Gasteiger partial charge in [-0.25, -0.2) is 14.2 Å². The third-order valence-electron chi connectivity index (χ3n) is 3.51. The van der Waals surface area contributed by atoms with Gasteiger partial charge in [0, 0.05) is 6.07 Å². The minimum atomic E-state index is -0.543. The van der Waals surface area contributed by atoms with E-state index in [9.17, 15) is 9.18 Å². The van der Waals surface area contributed by atoms with E-state index in [1.54, 1.807) is 17.6 Å². The number of rotatable bonds is 4. The molecule has 1 aromatic carbocycles. The second-order valence-corrected chi connectivity index (χ2v) is 5.60. The molecule has 114 valence electrons. The third kappa shape index (κ3) is 2.75. The second-order valence-electron chi connectivity index (χ2n) is 5.33. The van der Waals surface area contributed by atoms with Gasteiger partial charge < -0.3 is 9.30 Å². The second kappa shape index (κ2) is 6.02. The van der Waals surface area contributed by atoms with Crippen LogP contribution in [0.3, 0.4) is 0 Å². The Bertz CT molecular complexity index is 682. The van der Waals surface area contributed by atoms with Crippen molar-refractivity contribution in [2.24, 2.45) is 5.92 Å². The van der Waals surface area contributed by atoms with Gasteiger partial charge in [-0.15, -0.1) is 11.6 Å². The molecule has 0 aliphatic rings. The average molecular weight is 313 g/mol. The maximum absolute atomic E-state index is 13.7. The van der Waals surface area contributed by atoms with E-state index in [0.29, 0.717) is 22.4 Å². The van der Waals surface area contributed by atoms with E-state index < -0.39 is 6.04 Å². The number of alkyl halides is 1. The van der Waals surface area contributed by atoms with Gasteiger partial charge in [-0.1, -0.05) is 13.8 Å². The van der Waals surface area contributed by atoms with Crippen molar-refractivity contribution >= 4 is 28.6 Å². The lowest BCUT2D eigenvalue weighted by atomic mass is 10.0. The Labute approximate surface area is 127 Å². The van der Waals surface area contributed by atoms with Crippen molar-refractivity contribution in [3.8, 4) is 0 Å². The first-order chi connectivity index (χ1) is 9.90. The Hall–Kier alpha value is -1.62. The number of halogens is 2. The molecule has 0 aliphatic carbocycles. The van der Waals surface area contributed by atoms with Crippen LogP contribution in [-0.4, -0.2) is 22.6 Å². The van der Waals surface area contributed by atoms with Gasteiger partial charge in [0.15, 0.2) is 0 Å². The highest BCUT2D eigenvalue weighted by Gasteiger charge is 2.29. The van der Waals surface area contributed by atoms with E-state index in [0.717, 1.165) is 0 Å². The predicted molar refractivity (Wildman–Crippen MR) is 79.9 cm³/mol. The van der Waals surface area contributed by atoms with Crippen molar-refractivity contribution < 1.29 is 13.9 Å². The number of ether oxygens (including phenoxy) is 1. The van der Waals surface area contributed by atoms with Crippen LogP contribution >= 0.6 is 11.6 Å². The molecule has 1 atom stereocenters. The highest BCUT2D eigenvalue weighted by atomic mass is 35.5. The van der Waals surface area contributed by atoms with E-state index >= 15 is 0 Å². The molecule has 1 unspecified atom stereocenters. The fourth-order valence-electron chi connectivity index (χ4n) is 2.47. The number of fused-ring (bicyclic) bond motifs is 1. The van der Waals surface area contributed by atoms with E-state index in [1.807, 2.05) is 13.8 Å². The zero-order valence-corrected chi connectivity index (χ0v) is 13.2. The van der Waals surface area contributed by atoms with E-state index in [2.05, 4.69) is 4.98 Å². The lowest BCUT2D eigenvalue weighted by molar-refractivity contribution is -0.145. The highest BCUT2D eigenvalue weighted by Crippen LogP contribution is 2.29. The molecule has 2 aromatic rings. The summed E-state index contributed by atoms with van der Waals surface area (Å²) in [5.74, 6) is -0.0386. The number of methoxy groups -OCH3 is 1. The molecule has 0 N–H and O–H groups in total. The van der Waals surface area contributed by atoms with Crippen molar-refractivity contribution in [2.45, 2.75) is 32.7 Å². The molecule has 0 saturated carbocycles. The third-order valence-corrected chi connectivity index (χ3v) is 3.75. The number of hydrogen-bond acceptors (Lipinski definition) is 3. The largest absolute Gasteiger partial charge is 0.467 e. The lowest BCUT2D eigenvalue weighted by Gasteiger charge is -2.22. The smallest absolute Gasteiger partial charge is 0.329 e. The van der Waals surface area contributed by atoms with Crippen LogP contribution in [0.25, 0.3) is 11.0 Å². The molecule has 0 fully saturated rings. The molecule has 1 heterocycles. The number of hydrogen-bond donors (Lipinski definition) is 0. The van der Waals surface area contributed by atoms with Crippen LogP contribution < -0.4 is 0 Å². The van der Waals surface area contributed by atoms with Crippen molar-refractivity contribution in [1.29, 1.82) is 0 Å². The Morgan fingerprint density at radius 2 is 2.14 bits per heavy atom. The van der Waals surface area contributed by atoms with Crippen LogP contribution in [0, 0.1) is 18.7 Å². The van der Waals surface area contributed by atoms with Crippen molar-refractivity contribution in [1.82, 2.24) is 9.55 Å². The molecule has 1 aromatic heterocycles. The van der Waals surface area contributed by atoms with E-state index in [-0.39, 0.29) is 23.6 Å². The minimum absolute atomic E-state index is 0.0119. The monoisotopic (exact) mass is 312 g/mol. The van der Waals surface area contributed by atoms with Gasteiger partial charge in [0.25, 0.3) is 0 Å². The minimum Gasteiger partial charge on any atom is -0.467 e. The van der Waals surface area contributed by atoms with Crippen LogP contribution in [0.15, 0.2) is 12.1 Å². The Balaban J connectivity index is 2.75. The van der Waals surface area contributed by atoms with E-state index in [1.165, 1.54) is 13.2 Å². The van der Waals surface area contributed by atoms with Gasteiger partial charge in [-0.2, -0.15) is 0 Å². The molecular weight excluding hydrogens is 295 g/mol. The lowest BCUT2D eigenvalue weighted by Crippen LogP contribution is -2.27. The zero-order chi connectivity index (χ0) is 15.7. The first-order valence-corrected chi connectivity index (χ1v) is 7.24. The number of carbonyl (C=O) groups is 1. The van der Waals surface area contributed by atoms with Crippen LogP contribution in [0.4, 0.5) is 4.39 Å². The number of nitrogens with zero attached hydrogens (tertiary/aromatic N) is 2. The molecule has 0 bridgehead atoms. The molecule has 0 amide bonds. The van der Waals surface area contributed by atoms with E-state index in [4.69, 9.17) is 16.3 Å². The first-order valence-electron chi connectivity index (χ1n) is 6.71. The van der Waals surface area contributed by atoms with Gasteiger partial charge >= 0.3 is 5.97 Å². The Morgan fingerprint density at radius 1 is 1.48 bits per heavy atom. The highest BCUT2D eigenvalue weighted by molar-refractivity contribution is 6.17. The van der Waals surface area contributed by atoms with Crippen molar-refractivity contribution in [2.75, 3.05) is 7.11 Å². The van der Waals surface area contributed by atoms with Gasteiger partial charge in [0.1, 0.15) is 17.7 Å². The number of aromatic nitrogens is 2. The molecule has 0 radical (unpaired) electrons. The SMILES string of the molecule is COC(=O)C(C(C)C)n1c(CCl)nc2cc(F)c(C)cc21. The molecule has 6 heteroatoms. The molecule has 2 rings (SSSR count). The average Bonchev–Trinajstić information content (AvgIpc) is 2.77. The molecule has 0 spiro atoms. The first kappa shape index (κ1) is 15.8. The normalized spacial score (nSPS) is 12.9. The predicted octanol–water partition coefficient (Wildman–Crippen LogP) is 3.59. The molecule has 21 heavy (non-hydrogen) atoms.